The second-order valence-corrected chi connectivity index (χ2v) is 5.49. The fourth-order valence-electron chi connectivity index (χ4n) is 2.18. The molecule has 1 amide bonds. The molecule has 2 rings (SSSR count). The summed E-state index contributed by atoms with van der Waals surface area (Å²) in [7, 11) is 0. The number of amides is 1. The molecule has 3 nitrogen and oxygen atoms in total. The Labute approximate surface area is 132 Å². The number of carbonyl (C=O) groups excluding carboxylic acids is 1. The van der Waals surface area contributed by atoms with Crippen LogP contribution < -0.4 is 10.1 Å². The van der Waals surface area contributed by atoms with Crippen LogP contribution in [0.1, 0.15) is 30.5 Å². The van der Waals surface area contributed by atoms with Crippen molar-refractivity contribution in [3.05, 3.63) is 59.2 Å². The molecule has 0 aliphatic rings. The van der Waals surface area contributed by atoms with Crippen molar-refractivity contribution in [2.45, 2.75) is 40.2 Å². The molecule has 116 valence electrons. The van der Waals surface area contributed by atoms with E-state index in [0.29, 0.717) is 5.75 Å². The molecule has 0 saturated heterocycles. The van der Waals surface area contributed by atoms with Gasteiger partial charge in [0.05, 0.1) is 0 Å². The topological polar surface area (TPSA) is 38.3 Å². The molecule has 0 spiro atoms. The van der Waals surface area contributed by atoms with Crippen LogP contribution >= 0.6 is 0 Å². The first-order valence-electron chi connectivity index (χ1n) is 7.64. The van der Waals surface area contributed by atoms with Gasteiger partial charge in [-0.2, -0.15) is 0 Å². The normalized spacial score (nSPS) is 11.8. The Kier molecular flexibility index (Phi) is 5.21. The highest BCUT2D eigenvalue weighted by Crippen LogP contribution is 2.19. The van der Waals surface area contributed by atoms with Crippen molar-refractivity contribution >= 4 is 11.6 Å². The van der Waals surface area contributed by atoms with Gasteiger partial charge >= 0.3 is 0 Å². The lowest BCUT2D eigenvalue weighted by atomic mass is 10.1. The standard InChI is InChI=1S/C19H23NO2/c1-5-16-9-11-17(12-10-16)22-15(4)19(21)20-18-8-6-7-13(2)14(18)3/h6-12,15H,5H2,1-4H3,(H,20,21)/t15-/m0/s1. The summed E-state index contributed by atoms with van der Waals surface area (Å²) in [6, 6.07) is 13.7. The zero-order valence-corrected chi connectivity index (χ0v) is 13.6. The van der Waals surface area contributed by atoms with Crippen molar-refractivity contribution in [1.29, 1.82) is 0 Å². The first-order chi connectivity index (χ1) is 10.5. The Bertz CT molecular complexity index is 647. The zero-order chi connectivity index (χ0) is 16.1. The molecule has 22 heavy (non-hydrogen) atoms. The van der Waals surface area contributed by atoms with Gasteiger partial charge in [-0.15, -0.1) is 0 Å². The van der Waals surface area contributed by atoms with Gasteiger partial charge in [-0.1, -0.05) is 31.2 Å². The van der Waals surface area contributed by atoms with Gasteiger partial charge in [0.25, 0.3) is 5.91 Å². The van der Waals surface area contributed by atoms with E-state index in [1.807, 2.05) is 56.3 Å². The SMILES string of the molecule is CCc1ccc(O[C@@H](C)C(=O)Nc2cccc(C)c2C)cc1. The number of nitrogens with one attached hydrogen (secondary N) is 1. The number of ether oxygens (including phenoxy) is 1. The van der Waals surface area contributed by atoms with Crippen molar-refractivity contribution in [3.63, 3.8) is 0 Å². The van der Waals surface area contributed by atoms with E-state index < -0.39 is 6.10 Å². The molecule has 0 aromatic heterocycles. The van der Waals surface area contributed by atoms with Crippen LogP contribution in [0.4, 0.5) is 5.69 Å². The minimum atomic E-state index is -0.549. The highest BCUT2D eigenvalue weighted by molar-refractivity contribution is 5.94. The summed E-state index contributed by atoms with van der Waals surface area (Å²) in [4.78, 5) is 12.3. The molecule has 2 aromatic rings. The minimum Gasteiger partial charge on any atom is -0.481 e. The average molecular weight is 297 g/mol. The lowest BCUT2D eigenvalue weighted by Crippen LogP contribution is -2.30. The van der Waals surface area contributed by atoms with Gasteiger partial charge in [-0.3, -0.25) is 4.79 Å². The Hall–Kier alpha value is -2.29. The van der Waals surface area contributed by atoms with E-state index in [0.717, 1.165) is 23.2 Å². The highest BCUT2D eigenvalue weighted by Gasteiger charge is 2.16. The van der Waals surface area contributed by atoms with E-state index in [-0.39, 0.29) is 5.91 Å². The van der Waals surface area contributed by atoms with Crippen LogP contribution in [0.15, 0.2) is 42.5 Å². The van der Waals surface area contributed by atoms with Crippen LogP contribution in [0.3, 0.4) is 0 Å². The molecular formula is C19H23NO2. The zero-order valence-electron chi connectivity index (χ0n) is 13.6. The highest BCUT2D eigenvalue weighted by atomic mass is 16.5. The minimum absolute atomic E-state index is 0.145. The fraction of sp³-hybridized carbons (Fsp3) is 0.316. The van der Waals surface area contributed by atoms with Crippen LogP contribution in [-0.4, -0.2) is 12.0 Å². The predicted molar refractivity (Wildman–Crippen MR) is 90.5 cm³/mol. The quantitative estimate of drug-likeness (QED) is 0.895. The number of aryl methyl sites for hydroxylation is 2. The third-order valence-corrected chi connectivity index (χ3v) is 3.88. The van der Waals surface area contributed by atoms with Crippen molar-refractivity contribution in [1.82, 2.24) is 0 Å². The molecule has 0 aliphatic carbocycles. The summed E-state index contributed by atoms with van der Waals surface area (Å²) in [6.07, 6.45) is 0.440. The lowest BCUT2D eigenvalue weighted by Gasteiger charge is -2.16. The maximum Gasteiger partial charge on any atom is 0.265 e. The Morgan fingerprint density at radius 3 is 2.45 bits per heavy atom. The van der Waals surface area contributed by atoms with E-state index in [1.165, 1.54) is 5.56 Å². The summed E-state index contributed by atoms with van der Waals surface area (Å²) < 4.78 is 5.71. The smallest absolute Gasteiger partial charge is 0.265 e. The van der Waals surface area contributed by atoms with Crippen LogP contribution in [0, 0.1) is 13.8 Å². The molecule has 0 unspecified atom stereocenters. The third kappa shape index (κ3) is 3.88. The number of rotatable bonds is 5. The van der Waals surface area contributed by atoms with Crippen LogP contribution in [0.25, 0.3) is 0 Å². The van der Waals surface area contributed by atoms with Gasteiger partial charge in [0.1, 0.15) is 5.75 Å². The van der Waals surface area contributed by atoms with Crippen molar-refractivity contribution in [3.8, 4) is 5.75 Å². The van der Waals surface area contributed by atoms with Crippen LogP contribution in [0.2, 0.25) is 0 Å². The summed E-state index contributed by atoms with van der Waals surface area (Å²) in [6.45, 7) is 7.89. The van der Waals surface area contributed by atoms with Gasteiger partial charge in [0.15, 0.2) is 6.10 Å². The monoisotopic (exact) mass is 297 g/mol. The van der Waals surface area contributed by atoms with Crippen molar-refractivity contribution in [2.24, 2.45) is 0 Å². The van der Waals surface area contributed by atoms with Gasteiger partial charge in [0, 0.05) is 5.69 Å². The first kappa shape index (κ1) is 16.1. The van der Waals surface area contributed by atoms with Crippen molar-refractivity contribution < 1.29 is 9.53 Å². The van der Waals surface area contributed by atoms with E-state index >= 15 is 0 Å². The maximum absolute atomic E-state index is 12.3. The molecule has 1 N–H and O–H groups in total. The maximum atomic E-state index is 12.3. The van der Waals surface area contributed by atoms with Gasteiger partial charge in [-0.25, -0.2) is 0 Å². The molecular weight excluding hydrogens is 274 g/mol. The molecule has 0 saturated carbocycles. The second kappa shape index (κ2) is 7.12. The van der Waals surface area contributed by atoms with Crippen molar-refractivity contribution in [2.75, 3.05) is 5.32 Å². The predicted octanol–water partition coefficient (Wildman–Crippen LogP) is 4.27. The third-order valence-electron chi connectivity index (χ3n) is 3.88. The summed E-state index contributed by atoms with van der Waals surface area (Å²) in [5, 5.41) is 2.93. The summed E-state index contributed by atoms with van der Waals surface area (Å²) in [5.74, 6) is 0.564. The molecule has 0 bridgehead atoms. The number of hydrogen-bond acceptors (Lipinski definition) is 2. The van der Waals surface area contributed by atoms with E-state index in [4.69, 9.17) is 4.74 Å². The summed E-state index contributed by atoms with van der Waals surface area (Å²) in [5.41, 5.74) is 4.32. The van der Waals surface area contributed by atoms with Gasteiger partial charge in [0.2, 0.25) is 0 Å². The molecule has 3 heteroatoms. The van der Waals surface area contributed by atoms with E-state index in [1.54, 1.807) is 6.92 Å². The Morgan fingerprint density at radius 2 is 1.82 bits per heavy atom. The largest absolute Gasteiger partial charge is 0.481 e. The molecule has 0 radical (unpaired) electrons. The molecule has 2 aromatic carbocycles. The number of hydrogen-bond donors (Lipinski definition) is 1. The molecule has 0 heterocycles. The number of anilines is 1. The van der Waals surface area contributed by atoms with Gasteiger partial charge < -0.3 is 10.1 Å². The molecule has 0 aliphatic heterocycles. The number of benzene rings is 2. The molecule has 1 atom stereocenters. The number of carbonyl (C=O) groups is 1. The lowest BCUT2D eigenvalue weighted by molar-refractivity contribution is -0.122. The first-order valence-corrected chi connectivity index (χ1v) is 7.64. The van der Waals surface area contributed by atoms with E-state index in [9.17, 15) is 4.79 Å². The van der Waals surface area contributed by atoms with Crippen LogP contribution in [-0.2, 0) is 11.2 Å². The Balaban J connectivity index is 2.01. The van der Waals surface area contributed by atoms with Gasteiger partial charge in [-0.05, 0) is 62.1 Å². The molecule has 0 fully saturated rings. The average Bonchev–Trinajstić information content (AvgIpc) is 2.52. The Morgan fingerprint density at radius 1 is 1.14 bits per heavy atom. The summed E-state index contributed by atoms with van der Waals surface area (Å²) >= 11 is 0. The van der Waals surface area contributed by atoms with E-state index in [2.05, 4.69) is 12.2 Å². The second-order valence-electron chi connectivity index (χ2n) is 5.49. The van der Waals surface area contributed by atoms with Crippen LogP contribution in [0.5, 0.6) is 5.75 Å². The fourth-order valence-corrected chi connectivity index (χ4v) is 2.18.